The Labute approximate surface area is 183 Å². The Morgan fingerprint density at radius 2 is 2.09 bits per heavy atom. The second-order valence-corrected chi connectivity index (χ2v) is 8.13. The van der Waals surface area contributed by atoms with Gasteiger partial charge in [-0.15, -0.1) is 4.52 Å². The van der Waals surface area contributed by atoms with Crippen molar-refractivity contribution in [3.05, 3.63) is 36.7 Å². The maximum Gasteiger partial charge on any atom is 0.750 e. The minimum Gasteiger partial charge on any atom is -0.467 e. The van der Waals surface area contributed by atoms with Crippen LogP contribution >= 0.6 is 8.25 Å². The van der Waals surface area contributed by atoms with E-state index in [0.29, 0.717) is 17.1 Å². The summed E-state index contributed by atoms with van der Waals surface area (Å²) in [7, 11) is 0.492. The fourth-order valence-corrected chi connectivity index (χ4v) is 4.06. The molecule has 1 saturated heterocycles. The van der Waals surface area contributed by atoms with E-state index in [2.05, 4.69) is 20.3 Å². The molecule has 3 aromatic rings. The Kier molecular flexibility index (Phi) is 6.20. The SMILES string of the molecule is CNc1nc(OC)nc2c1ncn2[C@@H]1O[C@](C)(CO[P+](=O)Oc2ccccc2)[C@@H](O)[C@H]1F. The van der Waals surface area contributed by atoms with Crippen LogP contribution in [0.5, 0.6) is 11.8 Å². The second kappa shape index (κ2) is 8.91. The molecule has 1 fully saturated rings. The number of methoxy groups -OCH3 is 1. The highest BCUT2D eigenvalue weighted by atomic mass is 31.1. The predicted molar refractivity (Wildman–Crippen MR) is 111 cm³/mol. The Morgan fingerprint density at radius 1 is 1.34 bits per heavy atom. The molecular weight excluding hydrogens is 444 g/mol. The number of alkyl halides is 1. The molecule has 5 atom stereocenters. The predicted octanol–water partition coefficient (Wildman–Crippen LogP) is 2.62. The van der Waals surface area contributed by atoms with Gasteiger partial charge >= 0.3 is 14.3 Å². The van der Waals surface area contributed by atoms with Crippen LogP contribution in [0.3, 0.4) is 0 Å². The molecule has 1 aliphatic rings. The van der Waals surface area contributed by atoms with Crippen LogP contribution < -0.4 is 14.6 Å². The lowest BCUT2D eigenvalue weighted by Gasteiger charge is -2.24. The number of aliphatic hydroxyl groups is 1. The van der Waals surface area contributed by atoms with E-state index in [0.717, 1.165) is 0 Å². The second-order valence-electron chi connectivity index (χ2n) is 7.24. The van der Waals surface area contributed by atoms with Gasteiger partial charge < -0.3 is 19.9 Å². The number of rotatable bonds is 8. The van der Waals surface area contributed by atoms with Crippen LogP contribution in [0.25, 0.3) is 11.2 Å². The van der Waals surface area contributed by atoms with Crippen molar-refractivity contribution in [2.24, 2.45) is 0 Å². The van der Waals surface area contributed by atoms with Crippen molar-refractivity contribution in [1.29, 1.82) is 0 Å². The van der Waals surface area contributed by atoms with Gasteiger partial charge in [-0.1, -0.05) is 18.2 Å². The van der Waals surface area contributed by atoms with Crippen LogP contribution in [0.4, 0.5) is 10.2 Å². The van der Waals surface area contributed by atoms with Crippen molar-refractivity contribution >= 4 is 25.2 Å². The number of nitrogens with zero attached hydrogens (tertiary/aromatic N) is 4. The number of aromatic nitrogens is 4. The molecule has 4 rings (SSSR count). The van der Waals surface area contributed by atoms with Gasteiger partial charge in [-0.05, 0) is 19.1 Å². The molecule has 11 nitrogen and oxygen atoms in total. The van der Waals surface area contributed by atoms with Crippen LogP contribution in [0, 0.1) is 0 Å². The number of hydrogen-bond acceptors (Lipinski definition) is 10. The average Bonchev–Trinajstić information content (AvgIpc) is 3.32. The summed E-state index contributed by atoms with van der Waals surface area (Å²) >= 11 is 0. The van der Waals surface area contributed by atoms with Crippen molar-refractivity contribution in [3.8, 4) is 11.8 Å². The third-order valence-electron chi connectivity index (χ3n) is 5.06. The van der Waals surface area contributed by atoms with Crippen molar-refractivity contribution in [2.45, 2.75) is 31.0 Å². The smallest absolute Gasteiger partial charge is 0.467 e. The van der Waals surface area contributed by atoms with Crippen LogP contribution in [0.1, 0.15) is 13.2 Å². The van der Waals surface area contributed by atoms with Crippen LogP contribution in [0.15, 0.2) is 36.7 Å². The van der Waals surface area contributed by atoms with E-state index < -0.39 is 32.4 Å². The third kappa shape index (κ3) is 4.09. The van der Waals surface area contributed by atoms with Crippen LogP contribution in [0.2, 0.25) is 0 Å². The molecule has 170 valence electrons. The quantitative estimate of drug-likeness (QED) is 0.478. The average molecular weight is 466 g/mol. The molecule has 1 aromatic carbocycles. The number of imidazole rings is 1. The first kappa shape index (κ1) is 22.3. The van der Waals surface area contributed by atoms with E-state index in [9.17, 15) is 9.67 Å². The summed E-state index contributed by atoms with van der Waals surface area (Å²) in [6, 6.07) is 8.51. The van der Waals surface area contributed by atoms with Gasteiger partial charge in [0.1, 0.15) is 18.3 Å². The van der Waals surface area contributed by atoms with Gasteiger partial charge in [-0.3, -0.25) is 4.57 Å². The maximum atomic E-state index is 15.1. The number of ether oxygens (including phenoxy) is 2. The number of aliphatic hydroxyl groups excluding tert-OH is 1. The number of halogens is 1. The minimum absolute atomic E-state index is 0.0544. The fraction of sp³-hybridized carbons (Fsp3) is 0.421. The minimum atomic E-state index is -2.57. The van der Waals surface area contributed by atoms with E-state index in [1.807, 2.05) is 0 Å². The lowest BCUT2D eigenvalue weighted by atomic mass is 9.99. The van der Waals surface area contributed by atoms with E-state index >= 15 is 4.39 Å². The number of hydrogen-bond donors (Lipinski definition) is 2. The molecule has 0 aliphatic carbocycles. The summed E-state index contributed by atoms with van der Waals surface area (Å²) < 4.78 is 50.0. The van der Waals surface area contributed by atoms with Gasteiger partial charge in [0, 0.05) is 11.6 Å². The van der Waals surface area contributed by atoms with Crippen molar-refractivity contribution in [1.82, 2.24) is 19.5 Å². The lowest BCUT2D eigenvalue weighted by Crippen LogP contribution is -2.42. The molecule has 2 N–H and O–H groups in total. The van der Waals surface area contributed by atoms with E-state index in [1.165, 1.54) is 24.9 Å². The first-order chi connectivity index (χ1) is 15.4. The largest absolute Gasteiger partial charge is 0.750 e. The molecule has 13 heteroatoms. The summed E-state index contributed by atoms with van der Waals surface area (Å²) in [5.74, 6) is 0.743. The molecule has 0 bridgehead atoms. The fourth-order valence-electron chi connectivity index (χ4n) is 3.36. The highest BCUT2D eigenvalue weighted by Crippen LogP contribution is 2.42. The van der Waals surface area contributed by atoms with Gasteiger partial charge in [0.15, 0.2) is 35.1 Å². The summed E-state index contributed by atoms with van der Waals surface area (Å²) in [6.07, 6.45) is -3.33. The number of anilines is 1. The molecule has 0 spiro atoms. The molecular formula is C19H22FN5O6P+. The van der Waals surface area contributed by atoms with Crippen molar-refractivity contribution in [3.63, 3.8) is 0 Å². The Morgan fingerprint density at radius 3 is 2.78 bits per heavy atom. The number of benzene rings is 1. The van der Waals surface area contributed by atoms with Gasteiger partial charge in [0.25, 0.3) is 0 Å². The lowest BCUT2D eigenvalue weighted by molar-refractivity contribution is -0.110. The molecule has 1 aliphatic heterocycles. The van der Waals surface area contributed by atoms with Gasteiger partial charge in [-0.2, -0.15) is 9.97 Å². The molecule has 0 radical (unpaired) electrons. The standard InChI is InChI=1S/C19H22FN5O6P/c1-19(9-29-32(27)31-11-7-5-4-6-8-11)14(26)12(20)17(30-19)25-10-22-13-15(21-2)23-18(28-3)24-16(13)25/h4-8,10,12,14,17,26H,9H2,1-3H3,(H,21,23,24)/q+1/t12-,14+,17-,19-/m1/s1. The van der Waals surface area contributed by atoms with E-state index in [1.54, 1.807) is 37.4 Å². The zero-order valence-electron chi connectivity index (χ0n) is 17.5. The third-order valence-corrected chi connectivity index (χ3v) is 5.76. The number of nitrogens with one attached hydrogen (secondary N) is 1. The number of para-hydroxylation sites is 1. The van der Waals surface area contributed by atoms with Gasteiger partial charge in [0.05, 0.1) is 13.4 Å². The first-order valence-electron chi connectivity index (χ1n) is 9.65. The summed E-state index contributed by atoms with van der Waals surface area (Å²) in [5.41, 5.74) is -0.873. The normalized spacial score (nSPS) is 25.7. The summed E-state index contributed by atoms with van der Waals surface area (Å²) in [4.78, 5) is 12.6. The maximum absolute atomic E-state index is 15.1. The molecule has 1 unspecified atom stereocenters. The topological polar surface area (TPSA) is 130 Å². The summed E-state index contributed by atoms with van der Waals surface area (Å²) in [6.45, 7) is 1.09. The van der Waals surface area contributed by atoms with Crippen molar-refractivity contribution in [2.75, 3.05) is 26.1 Å². The van der Waals surface area contributed by atoms with Crippen LogP contribution in [-0.4, -0.2) is 63.3 Å². The molecule has 0 amide bonds. The molecule has 0 saturated carbocycles. The molecule has 3 heterocycles. The highest BCUT2D eigenvalue weighted by molar-refractivity contribution is 7.33. The van der Waals surface area contributed by atoms with E-state index in [-0.39, 0.29) is 18.3 Å². The van der Waals surface area contributed by atoms with Gasteiger partial charge in [-0.25, -0.2) is 13.9 Å². The Bertz CT molecular complexity index is 1120. The first-order valence-corrected chi connectivity index (χ1v) is 10.8. The van der Waals surface area contributed by atoms with Crippen molar-refractivity contribution < 1.29 is 32.6 Å². The summed E-state index contributed by atoms with van der Waals surface area (Å²) in [5, 5.41) is 13.4. The molecule has 32 heavy (non-hydrogen) atoms. The Hall–Kier alpha value is -2.92. The zero-order valence-corrected chi connectivity index (χ0v) is 18.4. The monoisotopic (exact) mass is 466 g/mol. The van der Waals surface area contributed by atoms with Gasteiger partial charge in [0.2, 0.25) is 0 Å². The zero-order chi connectivity index (χ0) is 22.9. The highest BCUT2D eigenvalue weighted by Gasteiger charge is 2.55. The van der Waals surface area contributed by atoms with E-state index in [4.69, 9.17) is 18.5 Å². The Balaban J connectivity index is 1.53. The molecule has 2 aromatic heterocycles. The number of fused-ring (bicyclic) bond motifs is 1. The van der Waals surface area contributed by atoms with Crippen LogP contribution in [-0.2, 0) is 13.8 Å².